The number of nitrogens with zero attached hydrogens (tertiary/aromatic N) is 1. The molecule has 6 heteroatoms. The number of carbonyl (C=O) groups is 1. The molecule has 5 nitrogen and oxygen atoms in total. The molecule has 112 valence electrons. The Kier molecular flexibility index (Phi) is 4.41. The van der Waals surface area contributed by atoms with Gasteiger partial charge in [0.2, 0.25) is 6.10 Å². The fourth-order valence-electron chi connectivity index (χ4n) is 2.51. The molecule has 1 aromatic carbocycles. The first-order valence-electron chi connectivity index (χ1n) is 7.11. The van der Waals surface area contributed by atoms with E-state index in [0.29, 0.717) is 23.7 Å². The number of carbonyl (C=O) groups excluding carboxylic acids is 1. The van der Waals surface area contributed by atoms with Crippen molar-refractivity contribution in [2.75, 3.05) is 13.2 Å². The fourth-order valence-corrected chi connectivity index (χ4v) is 2.75. The molecule has 21 heavy (non-hydrogen) atoms. The smallest absolute Gasteiger partial charge is 0.264 e. The van der Waals surface area contributed by atoms with E-state index in [-0.39, 0.29) is 12.0 Å². The Morgan fingerprint density at radius 2 is 2.29 bits per heavy atom. The van der Waals surface area contributed by atoms with E-state index < -0.39 is 6.10 Å². The second-order valence-electron chi connectivity index (χ2n) is 5.20. The zero-order valence-corrected chi connectivity index (χ0v) is 12.3. The predicted molar refractivity (Wildman–Crippen MR) is 79.5 cm³/mol. The van der Waals surface area contributed by atoms with Gasteiger partial charge >= 0.3 is 0 Å². The first kappa shape index (κ1) is 14.4. The first-order valence-corrected chi connectivity index (χ1v) is 7.49. The molecule has 1 amide bonds. The molecule has 0 spiro atoms. The number of oxime groups is 1. The number of benzene rings is 1. The van der Waals surface area contributed by atoms with E-state index in [1.54, 1.807) is 6.07 Å². The van der Waals surface area contributed by atoms with Gasteiger partial charge in [-0.3, -0.25) is 4.79 Å². The van der Waals surface area contributed by atoms with Gasteiger partial charge in [-0.15, -0.1) is 0 Å². The summed E-state index contributed by atoms with van der Waals surface area (Å²) in [4.78, 5) is 17.3. The molecule has 2 heterocycles. The average molecular weight is 309 g/mol. The molecular formula is C15H17ClN2O3. The van der Waals surface area contributed by atoms with Crippen molar-refractivity contribution in [3.05, 3.63) is 34.9 Å². The summed E-state index contributed by atoms with van der Waals surface area (Å²) in [6, 6.07) is 7.41. The van der Waals surface area contributed by atoms with Gasteiger partial charge in [-0.2, -0.15) is 0 Å². The van der Waals surface area contributed by atoms with Crippen molar-refractivity contribution >= 4 is 23.2 Å². The van der Waals surface area contributed by atoms with E-state index >= 15 is 0 Å². The van der Waals surface area contributed by atoms with Crippen molar-refractivity contribution in [3.63, 3.8) is 0 Å². The van der Waals surface area contributed by atoms with Gasteiger partial charge < -0.3 is 14.9 Å². The summed E-state index contributed by atoms with van der Waals surface area (Å²) in [6.45, 7) is 1.31. The molecule has 0 bridgehead atoms. The van der Waals surface area contributed by atoms with Crippen LogP contribution in [0.15, 0.2) is 29.4 Å². The highest BCUT2D eigenvalue weighted by Gasteiger charge is 2.30. The lowest BCUT2D eigenvalue weighted by Gasteiger charge is -2.13. The Morgan fingerprint density at radius 1 is 1.43 bits per heavy atom. The molecule has 0 saturated carbocycles. The zero-order valence-electron chi connectivity index (χ0n) is 11.5. The second-order valence-corrected chi connectivity index (χ2v) is 5.60. The van der Waals surface area contributed by atoms with E-state index in [1.165, 1.54) is 0 Å². The largest absolute Gasteiger partial charge is 0.382 e. The van der Waals surface area contributed by atoms with Gasteiger partial charge in [0.05, 0.1) is 11.8 Å². The van der Waals surface area contributed by atoms with Crippen LogP contribution in [0.1, 0.15) is 24.8 Å². The molecule has 1 fully saturated rings. The third kappa shape index (κ3) is 3.36. The Bertz CT molecular complexity index is 556. The monoisotopic (exact) mass is 308 g/mol. The zero-order chi connectivity index (χ0) is 14.7. The molecule has 0 aliphatic carbocycles. The second kappa shape index (κ2) is 6.45. The van der Waals surface area contributed by atoms with E-state index in [4.69, 9.17) is 21.2 Å². The standard InChI is InChI=1S/C15H17ClN2O3/c16-12-6-2-1-5-11(12)13-8-14(21-18-13)15(19)17-9-10-4-3-7-20-10/h1-2,5-6,10,14H,3-4,7-9H2,(H,17,19)/t10-,14+/m0/s1. The van der Waals surface area contributed by atoms with E-state index in [2.05, 4.69) is 10.5 Å². The molecule has 0 aromatic heterocycles. The number of nitrogens with one attached hydrogen (secondary N) is 1. The number of ether oxygens (including phenoxy) is 1. The SMILES string of the molecule is O=C(NC[C@@H]1CCCO1)[C@H]1CC(c2ccccc2Cl)=NO1. The molecule has 2 aliphatic heterocycles. The minimum atomic E-state index is -0.585. The van der Waals surface area contributed by atoms with Crippen LogP contribution in [0.2, 0.25) is 5.02 Å². The Hall–Kier alpha value is -1.59. The van der Waals surface area contributed by atoms with Gasteiger partial charge in [0.1, 0.15) is 0 Å². The van der Waals surface area contributed by atoms with Crippen molar-refractivity contribution in [2.24, 2.45) is 5.16 Å². The summed E-state index contributed by atoms with van der Waals surface area (Å²) in [7, 11) is 0. The Balaban J connectivity index is 1.53. The van der Waals surface area contributed by atoms with Crippen LogP contribution in [-0.2, 0) is 14.4 Å². The highest BCUT2D eigenvalue weighted by Crippen LogP contribution is 2.23. The van der Waals surface area contributed by atoms with Crippen LogP contribution in [0.25, 0.3) is 0 Å². The molecule has 0 unspecified atom stereocenters. The summed E-state index contributed by atoms with van der Waals surface area (Å²) in [5.41, 5.74) is 1.52. The third-order valence-corrected chi connectivity index (χ3v) is 4.00. The number of amides is 1. The number of hydrogen-bond donors (Lipinski definition) is 1. The normalized spacial score (nSPS) is 24.5. The summed E-state index contributed by atoms with van der Waals surface area (Å²) in [6.07, 6.45) is 2.02. The van der Waals surface area contributed by atoms with Crippen LogP contribution in [0, 0.1) is 0 Å². The van der Waals surface area contributed by atoms with Crippen LogP contribution in [0.4, 0.5) is 0 Å². The van der Waals surface area contributed by atoms with Crippen LogP contribution in [0.5, 0.6) is 0 Å². The summed E-state index contributed by atoms with van der Waals surface area (Å²) < 4.78 is 5.47. The van der Waals surface area contributed by atoms with Crippen LogP contribution in [-0.4, -0.2) is 37.0 Å². The molecule has 2 atom stereocenters. The summed E-state index contributed by atoms with van der Waals surface area (Å²) >= 11 is 6.13. The molecule has 1 N–H and O–H groups in total. The number of halogens is 1. The van der Waals surface area contributed by atoms with Crippen molar-refractivity contribution < 1.29 is 14.4 Å². The maximum atomic E-state index is 12.1. The van der Waals surface area contributed by atoms with Crippen LogP contribution >= 0.6 is 11.6 Å². The van der Waals surface area contributed by atoms with Crippen molar-refractivity contribution in [3.8, 4) is 0 Å². The number of rotatable bonds is 4. The molecule has 1 aromatic rings. The van der Waals surface area contributed by atoms with Crippen molar-refractivity contribution in [1.29, 1.82) is 0 Å². The van der Waals surface area contributed by atoms with Crippen molar-refractivity contribution in [1.82, 2.24) is 5.32 Å². The predicted octanol–water partition coefficient (Wildman–Crippen LogP) is 2.13. The highest BCUT2D eigenvalue weighted by atomic mass is 35.5. The van der Waals surface area contributed by atoms with E-state index in [9.17, 15) is 4.79 Å². The van der Waals surface area contributed by atoms with Gasteiger partial charge in [0, 0.05) is 30.2 Å². The minimum Gasteiger partial charge on any atom is -0.382 e. The first-order chi connectivity index (χ1) is 10.2. The van der Waals surface area contributed by atoms with E-state index in [0.717, 1.165) is 25.0 Å². The molecule has 0 radical (unpaired) electrons. The van der Waals surface area contributed by atoms with E-state index in [1.807, 2.05) is 18.2 Å². The lowest BCUT2D eigenvalue weighted by atomic mass is 10.0. The van der Waals surface area contributed by atoms with Crippen molar-refractivity contribution in [2.45, 2.75) is 31.5 Å². The quantitative estimate of drug-likeness (QED) is 0.927. The van der Waals surface area contributed by atoms with Gasteiger partial charge in [-0.25, -0.2) is 0 Å². The van der Waals surface area contributed by atoms with Gasteiger partial charge in [-0.05, 0) is 18.9 Å². The molecule has 2 aliphatic rings. The molecular weight excluding hydrogens is 292 g/mol. The summed E-state index contributed by atoms with van der Waals surface area (Å²) in [5, 5.41) is 7.46. The third-order valence-electron chi connectivity index (χ3n) is 3.67. The fraction of sp³-hybridized carbons (Fsp3) is 0.467. The molecule has 3 rings (SSSR count). The van der Waals surface area contributed by atoms with Crippen LogP contribution in [0.3, 0.4) is 0 Å². The Morgan fingerprint density at radius 3 is 3.05 bits per heavy atom. The van der Waals surface area contributed by atoms with Gasteiger partial charge in [0.15, 0.2) is 0 Å². The van der Waals surface area contributed by atoms with Crippen LogP contribution < -0.4 is 5.32 Å². The lowest BCUT2D eigenvalue weighted by molar-refractivity contribution is -0.131. The summed E-state index contributed by atoms with van der Waals surface area (Å²) in [5.74, 6) is -0.156. The highest BCUT2D eigenvalue weighted by molar-refractivity contribution is 6.34. The topological polar surface area (TPSA) is 59.9 Å². The van der Waals surface area contributed by atoms with Gasteiger partial charge in [-0.1, -0.05) is 35.0 Å². The molecule has 1 saturated heterocycles. The Labute approximate surface area is 128 Å². The maximum Gasteiger partial charge on any atom is 0.264 e. The average Bonchev–Trinajstić information content (AvgIpc) is 3.17. The minimum absolute atomic E-state index is 0.124. The lowest BCUT2D eigenvalue weighted by Crippen LogP contribution is -2.39. The van der Waals surface area contributed by atoms with Gasteiger partial charge in [0.25, 0.3) is 5.91 Å². The maximum absolute atomic E-state index is 12.1. The number of hydrogen-bond acceptors (Lipinski definition) is 4.